The molecule has 0 spiro atoms. The summed E-state index contributed by atoms with van der Waals surface area (Å²) in [5.41, 5.74) is 0.916. The first kappa shape index (κ1) is 12.2. The van der Waals surface area contributed by atoms with Gasteiger partial charge in [0.25, 0.3) is 0 Å². The van der Waals surface area contributed by atoms with Crippen LogP contribution in [0.2, 0.25) is 0 Å². The topological polar surface area (TPSA) is 53.2 Å². The van der Waals surface area contributed by atoms with Crippen LogP contribution in [-0.4, -0.2) is 29.8 Å². The molecule has 4 nitrogen and oxygen atoms in total. The molecule has 0 radical (unpaired) electrons. The van der Waals surface area contributed by atoms with Crippen molar-refractivity contribution >= 4 is 11.9 Å². The van der Waals surface area contributed by atoms with Crippen molar-refractivity contribution < 1.29 is 4.79 Å². The highest BCUT2D eigenvalue weighted by Gasteiger charge is 2.08. The molecule has 0 aliphatic carbocycles. The second-order valence-electron chi connectivity index (χ2n) is 3.71. The molecule has 0 saturated heterocycles. The lowest BCUT2D eigenvalue weighted by Gasteiger charge is -2.06. The molecule has 1 heterocycles. The first-order valence-corrected chi connectivity index (χ1v) is 5.15. The summed E-state index contributed by atoms with van der Waals surface area (Å²) < 4.78 is 0. The number of rotatable bonds is 4. The molecule has 1 N–H and O–H groups in total. The predicted octanol–water partition coefficient (Wildman–Crippen LogP) is 1.50. The highest BCUT2D eigenvalue weighted by atomic mass is 16.1. The lowest BCUT2D eigenvalue weighted by molar-refractivity contribution is 0.0987. The van der Waals surface area contributed by atoms with Gasteiger partial charge < -0.3 is 9.88 Å². The van der Waals surface area contributed by atoms with Crippen LogP contribution in [-0.2, 0) is 0 Å². The van der Waals surface area contributed by atoms with E-state index in [0.717, 1.165) is 0 Å². The molecule has 1 rings (SSSR count). The molecular formula is C12H16N2O2. The van der Waals surface area contributed by atoms with Gasteiger partial charge in [-0.25, -0.2) is 0 Å². The van der Waals surface area contributed by atoms with E-state index in [4.69, 9.17) is 0 Å². The molecule has 0 atom stereocenters. The van der Waals surface area contributed by atoms with Crippen LogP contribution < -0.4 is 5.56 Å². The molecule has 86 valence electrons. The Bertz CT molecular complexity index is 458. The van der Waals surface area contributed by atoms with Gasteiger partial charge in [-0.1, -0.05) is 6.92 Å². The fourth-order valence-electron chi connectivity index (χ4n) is 1.28. The maximum absolute atomic E-state index is 11.6. The zero-order chi connectivity index (χ0) is 12.1. The standard InChI is InChI=1S/C12H16N2O2/c1-4-11(15)9-5-6-12(16)13-10(9)7-8-14(2)3/h5-8H,4H2,1-3H3,(H,13,16)/b8-7+. The summed E-state index contributed by atoms with van der Waals surface area (Å²) in [6.07, 6.45) is 3.94. The summed E-state index contributed by atoms with van der Waals surface area (Å²) in [5.74, 6) is 0.0228. The van der Waals surface area contributed by atoms with Gasteiger partial charge in [0, 0.05) is 38.3 Å². The number of nitrogens with one attached hydrogen (secondary N) is 1. The Balaban J connectivity index is 3.18. The lowest BCUT2D eigenvalue weighted by Crippen LogP contribution is -2.11. The minimum absolute atomic E-state index is 0.0228. The highest BCUT2D eigenvalue weighted by Crippen LogP contribution is 2.08. The Morgan fingerprint density at radius 3 is 2.69 bits per heavy atom. The van der Waals surface area contributed by atoms with Crippen LogP contribution in [0.1, 0.15) is 29.4 Å². The van der Waals surface area contributed by atoms with Gasteiger partial charge >= 0.3 is 0 Å². The molecule has 0 aromatic carbocycles. The van der Waals surface area contributed by atoms with Gasteiger partial charge in [-0.3, -0.25) is 9.59 Å². The van der Waals surface area contributed by atoms with Gasteiger partial charge in [0.1, 0.15) is 0 Å². The Kier molecular flexibility index (Phi) is 4.05. The number of carbonyl (C=O) groups is 1. The summed E-state index contributed by atoms with van der Waals surface area (Å²) in [6, 6.07) is 2.94. The molecule has 0 saturated carbocycles. The predicted molar refractivity (Wildman–Crippen MR) is 64.4 cm³/mol. The summed E-state index contributed by atoms with van der Waals surface area (Å²) >= 11 is 0. The number of carbonyl (C=O) groups excluding carboxylic acids is 1. The van der Waals surface area contributed by atoms with Crippen LogP contribution in [0.25, 0.3) is 6.08 Å². The quantitative estimate of drug-likeness (QED) is 0.782. The molecule has 0 unspecified atom stereocenters. The van der Waals surface area contributed by atoms with E-state index in [1.54, 1.807) is 25.3 Å². The third-order valence-corrected chi connectivity index (χ3v) is 2.11. The number of Topliss-reactive ketones (excluding diaryl/α,β-unsaturated/α-hetero) is 1. The van der Waals surface area contributed by atoms with E-state index in [1.165, 1.54) is 6.07 Å². The molecule has 0 aliphatic heterocycles. The van der Waals surface area contributed by atoms with E-state index >= 15 is 0 Å². The van der Waals surface area contributed by atoms with Crippen molar-refractivity contribution in [1.29, 1.82) is 0 Å². The Hall–Kier alpha value is -1.84. The minimum atomic E-state index is -0.203. The van der Waals surface area contributed by atoms with Crippen molar-refractivity contribution in [3.63, 3.8) is 0 Å². The molecule has 0 amide bonds. The molecule has 0 bridgehead atoms. The van der Waals surface area contributed by atoms with Crippen molar-refractivity contribution in [2.45, 2.75) is 13.3 Å². The van der Waals surface area contributed by atoms with Crippen LogP contribution in [0.15, 0.2) is 23.1 Å². The van der Waals surface area contributed by atoms with Crippen molar-refractivity contribution in [2.24, 2.45) is 0 Å². The van der Waals surface area contributed by atoms with Crippen molar-refractivity contribution in [3.8, 4) is 0 Å². The summed E-state index contributed by atoms with van der Waals surface area (Å²) in [7, 11) is 3.75. The summed E-state index contributed by atoms with van der Waals surface area (Å²) in [5, 5.41) is 0. The SMILES string of the molecule is CCC(=O)c1ccc(=O)[nH]c1/C=C/N(C)C. The summed E-state index contributed by atoms with van der Waals surface area (Å²) in [4.78, 5) is 27.3. The van der Waals surface area contributed by atoms with E-state index in [1.807, 2.05) is 19.0 Å². The summed E-state index contributed by atoms with van der Waals surface area (Å²) in [6.45, 7) is 1.80. The van der Waals surface area contributed by atoms with Gasteiger partial charge in [-0.05, 0) is 12.1 Å². The fraction of sp³-hybridized carbons (Fsp3) is 0.333. The van der Waals surface area contributed by atoms with Crippen LogP contribution >= 0.6 is 0 Å². The number of ketones is 1. The maximum Gasteiger partial charge on any atom is 0.248 e. The molecule has 0 aliphatic rings. The molecular weight excluding hydrogens is 204 g/mol. The number of aromatic nitrogens is 1. The smallest absolute Gasteiger partial charge is 0.248 e. The molecule has 16 heavy (non-hydrogen) atoms. The number of aromatic amines is 1. The fourth-order valence-corrected chi connectivity index (χ4v) is 1.28. The van der Waals surface area contributed by atoms with Crippen LogP contribution in [0, 0.1) is 0 Å². The van der Waals surface area contributed by atoms with Gasteiger partial charge in [-0.15, -0.1) is 0 Å². The normalized spacial score (nSPS) is 10.7. The van der Waals surface area contributed by atoms with E-state index in [9.17, 15) is 9.59 Å². The average molecular weight is 220 g/mol. The third-order valence-electron chi connectivity index (χ3n) is 2.11. The lowest BCUT2D eigenvalue weighted by atomic mass is 10.1. The van der Waals surface area contributed by atoms with Crippen LogP contribution in [0.5, 0.6) is 0 Å². The zero-order valence-electron chi connectivity index (χ0n) is 9.78. The Morgan fingerprint density at radius 1 is 1.44 bits per heavy atom. The monoisotopic (exact) mass is 220 g/mol. The van der Waals surface area contributed by atoms with Gasteiger partial charge in [0.05, 0.1) is 5.69 Å². The number of hydrogen-bond acceptors (Lipinski definition) is 3. The highest BCUT2D eigenvalue weighted by molar-refractivity contribution is 5.98. The number of H-pyrrole nitrogens is 1. The zero-order valence-corrected chi connectivity index (χ0v) is 9.78. The largest absolute Gasteiger partial charge is 0.383 e. The van der Waals surface area contributed by atoms with Crippen LogP contribution in [0.3, 0.4) is 0 Å². The molecule has 0 fully saturated rings. The minimum Gasteiger partial charge on any atom is -0.383 e. The number of nitrogens with zero attached hydrogens (tertiary/aromatic N) is 1. The molecule has 1 aromatic heterocycles. The average Bonchev–Trinajstić information content (AvgIpc) is 2.25. The van der Waals surface area contributed by atoms with E-state index in [-0.39, 0.29) is 11.3 Å². The van der Waals surface area contributed by atoms with E-state index < -0.39 is 0 Å². The first-order chi connectivity index (χ1) is 7.54. The molecule has 1 aromatic rings. The van der Waals surface area contributed by atoms with E-state index in [0.29, 0.717) is 17.7 Å². The number of hydrogen-bond donors (Lipinski definition) is 1. The van der Waals surface area contributed by atoms with Crippen molar-refractivity contribution in [3.05, 3.63) is 39.9 Å². The second kappa shape index (κ2) is 5.30. The van der Waals surface area contributed by atoms with Crippen molar-refractivity contribution in [1.82, 2.24) is 9.88 Å². The maximum atomic E-state index is 11.6. The second-order valence-corrected chi connectivity index (χ2v) is 3.71. The Labute approximate surface area is 94.6 Å². The van der Waals surface area contributed by atoms with Gasteiger partial charge in [-0.2, -0.15) is 0 Å². The molecule has 4 heteroatoms. The first-order valence-electron chi connectivity index (χ1n) is 5.15. The third kappa shape index (κ3) is 3.08. The Morgan fingerprint density at radius 2 is 2.12 bits per heavy atom. The van der Waals surface area contributed by atoms with Gasteiger partial charge in [0.2, 0.25) is 5.56 Å². The van der Waals surface area contributed by atoms with Crippen molar-refractivity contribution in [2.75, 3.05) is 14.1 Å². The number of pyridine rings is 1. The van der Waals surface area contributed by atoms with E-state index in [2.05, 4.69) is 4.98 Å². The van der Waals surface area contributed by atoms with Crippen LogP contribution in [0.4, 0.5) is 0 Å². The van der Waals surface area contributed by atoms with Gasteiger partial charge in [0.15, 0.2) is 5.78 Å².